The highest BCUT2D eigenvalue weighted by Gasteiger charge is 2.27. The summed E-state index contributed by atoms with van der Waals surface area (Å²) in [6, 6.07) is 9.14. The molecule has 1 fully saturated rings. The van der Waals surface area contributed by atoms with E-state index in [4.69, 9.17) is 0 Å². The number of thiol groups is 1. The Balaban J connectivity index is 1.65. The summed E-state index contributed by atoms with van der Waals surface area (Å²) in [7, 11) is -3.01. The first kappa shape index (κ1) is 19.7. The minimum Gasteiger partial charge on any atom is -0.335 e. The minimum absolute atomic E-state index is 0.0239. The number of piperazine rings is 1. The average molecular weight is 409 g/mol. The highest BCUT2D eigenvalue weighted by atomic mass is 32.2. The highest BCUT2D eigenvalue weighted by molar-refractivity contribution is 7.73. The molecule has 2 aromatic rings. The van der Waals surface area contributed by atoms with Crippen LogP contribution in [0.1, 0.15) is 20.7 Å². The van der Waals surface area contributed by atoms with Gasteiger partial charge in [0, 0.05) is 31.7 Å². The van der Waals surface area contributed by atoms with Crippen molar-refractivity contribution in [1.82, 2.24) is 9.80 Å². The lowest BCUT2D eigenvalue weighted by molar-refractivity contribution is 0.0532. The normalized spacial score (nSPS) is 14.2. The summed E-state index contributed by atoms with van der Waals surface area (Å²) in [5.74, 6) is -2.35. The van der Waals surface area contributed by atoms with Crippen LogP contribution in [0.5, 0.6) is 0 Å². The summed E-state index contributed by atoms with van der Waals surface area (Å²) in [6.07, 6.45) is 0. The van der Waals surface area contributed by atoms with Crippen molar-refractivity contribution in [3.63, 3.8) is 0 Å². The van der Waals surface area contributed by atoms with E-state index in [2.05, 4.69) is 0 Å². The quantitative estimate of drug-likeness (QED) is 0.750. The Morgan fingerprint density at radius 1 is 0.857 bits per heavy atom. The molecule has 0 spiro atoms. The molecular formula is C18H17F2N3O4S. The number of halogens is 2. The van der Waals surface area contributed by atoms with Crippen LogP contribution >= 0.6 is 0 Å². The van der Waals surface area contributed by atoms with Crippen LogP contribution in [0.15, 0.2) is 42.5 Å². The van der Waals surface area contributed by atoms with Crippen molar-refractivity contribution in [2.24, 2.45) is 0 Å². The third-order valence-electron chi connectivity index (χ3n) is 4.39. The van der Waals surface area contributed by atoms with E-state index >= 15 is 0 Å². The van der Waals surface area contributed by atoms with E-state index in [9.17, 15) is 26.8 Å². The Kier molecular flexibility index (Phi) is 5.88. The lowest BCUT2D eigenvalue weighted by Crippen LogP contribution is -2.50. The number of nitrogens with one attached hydrogen (secondary N) is 1. The maximum absolute atomic E-state index is 13.9. The lowest BCUT2D eigenvalue weighted by atomic mass is 10.1. The summed E-state index contributed by atoms with van der Waals surface area (Å²) >= 11 is 0. The SMILES string of the molecule is O=C(c1ccc(N[SH](=O)=O)c(F)c1)N1CCN(C(=O)c2ccccc2F)CC1. The zero-order chi connectivity index (χ0) is 20.3. The molecule has 0 saturated carbocycles. The predicted molar refractivity (Wildman–Crippen MR) is 98.5 cm³/mol. The van der Waals surface area contributed by atoms with Crippen LogP contribution in [0.25, 0.3) is 0 Å². The van der Waals surface area contributed by atoms with Gasteiger partial charge < -0.3 is 9.80 Å². The Labute approximate surface area is 161 Å². The summed E-state index contributed by atoms with van der Waals surface area (Å²) in [5.41, 5.74) is -0.199. The molecular weight excluding hydrogens is 392 g/mol. The Hall–Kier alpha value is -3.01. The van der Waals surface area contributed by atoms with Crippen molar-refractivity contribution < 1.29 is 26.8 Å². The number of hydrogen-bond acceptors (Lipinski definition) is 4. The molecule has 148 valence electrons. The van der Waals surface area contributed by atoms with Crippen LogP contribution in [0.2, 0.25) is 0 Å². The molecule has 3 rings (SSSR count). The number of benzene rings is 2. The van der Waals surface area contributed by atoms with Gasteiger partial charge in [-0.05, 0) is 30.3 Å². The van der Waals surface area contributed by atoms with Gasteiger partial charge in [0.1, 0.15) is 11.6 Å². The second kappa shape index (κ2) is 8.34. The number of carbonyl (C=O) groups excluding carboxylic acids is 2. The number of carbonyl (C=O) groups is 2. The van der Waals surface area contributed by atoms with Gasteiger partial charge in [-0.3, -0.25) is 14.3 Å². The Morgan fingerprint density at radius 2 is 1.46 bits per heavy atom. The van der Waals surface area contributed by atoms with E-state index in [0.717, 1.165) is 6.07 Å². The van der Waals surface area contributed by atoms with Gasteiger partial charge in [-0.1, -0.05) is 12.1 Å². The van der Waals surface area contributed by atoms with Crippen molar-refractivity contribution in [2.75, 3.05) is 30.9 Å². The van der Waals surface area contributed by atoms with E-state index in [0.29, 0.717) is 0 Å². The predicted octanol–water partition coefficient (Wildman–Crippen LogP) is 1.50. The van der Waals surface area contributed by atoms with E-state index in [1.165, 1.54) is 40.1 Å². The molecule has 0 bridgehead atoms. The van der Waals surface area contributed by atoms with Crippen molar-refractivity contribution in [3.8, 4) is 0 Å². The maximum Gasteiger partial charge on any atom is 0.256 e. The summed E-state index contributed by atoms with van der Waals surface area (Å²) < 4.78 is 50.9. The second-order valence-electron chi connectivity index (χ2n) is 6.13. The van der Waals surface area contributed by atoms with Crippen molar-refractivity contribution in [2.45, 2.75) is 0 Å². The standard InChI is InChI=1S/C18H17F2N3O4S/c19-14-4-2-1-3-13(14)18(25)23-9-7-22(8-10-23)17(24)12-5-6-16(15(20)11-12)21-28(26)27/h1-6,11,28H,7-10H2,(H,21,26,27). The number of anilines is 1. The molecule has 0 radical (unpaired) electrons. The fourth-order valence-electron chi connectivity index (χ4n) is 2.94. The Morgan fingerprint density at radius 3 is 2.04 bits per heavy atom. The fourth-order valence-corrected chi connectivity index (χ4v) is 3.32. The first-order chi connectivity index (χ1) is 13.4. The van der Waals surface area contributed by atoms with Gasteiger partial charge in [0.2, 0.25) is 10.9 Å². The van der Waals surface area contributed by atoms with Crippen LogP contribution in [-0.2, 0) is 10.9 Å². The first-order valence-corrected chi connectivity index (χ1v) is 9.58. The van der Waals surface area contributed by atoms with Crippen LogP contribution < -0.4 is 4.72 Å². The molecule has 1 N–H and O–H groups in total. The van der Waals surface area contributed by atoms with Crippen molar-refractivity contribution in [3.05, 3.63) is 65.2 Å². The molecule has 1 saturated heterocycles. The van der Waals surface area contributed by atoms with Gasteiger partial charge in [-0.15, -0.1) is 0 Å². The van der Waals surface area contributed by atoms with Crippen LogP contribution in [0, 0.1) is 11.6 Å². The van der Waals surface area contributed by atoms with E-state index in [1.807, 2.05) is 4.72 Å². The van der Waals surface area contributed by atoms with Crippen LogP contribution in [0.3, 0.4) is 0 Å². The monoisotopic (exact) mass is 409 g/mol. The smallest absolute Gasteiger partial charge is 0.256 e. The van der Waals surface area contributed by atoms with Crippen LogP contribution in [0.4, 0.5) is 14.5 Å². The molecule has 1 aliphatic heterocycles. The minimum atomic E-state index is -3.01. The molecule has 0 aliphatic carbocycles. The highest BCUT2D eigenvalue weighted by Crippen LogP contribution is 2.18. The number of rotatable bonds is 4. The topological polar surface area (TPSA) is 86.8 Å². The first-order valence-electron chi connectivity index (χ1n) is 8.40. The zero-order valence-corrected chi connectivity index (χ0v) is 15.5. The van der Waals surface area contributed by atoms with Gasteiger partial charge in [0.25, 0.3) is 11.8 Å². The third-order valence-corrected chi connectivity index (χ3v) is 4.81. The molecule has 0 unspecified atom stereocenters. The summed E-state index contributed by atoms with van der Waals surface area (Å²) in [5, 5.41) is 0. The number of amides is 2. The molecule has 1 aliphatic rings. The van der Waals surface area contributed by atoms with E-state index in [1.54, 1.807) is 6.07 Å². The lowest BCUT2D eigenvalue weighted by Gasteiger charge is -2.35. The van der Waals surface area contributed by atoms with Gasteiger partial charge in [0.05, 0.1) is 11.3 Å². The molecule has 2 amide bonds. The average Bonchev–Trinajstić information content (AvgIpc) is 2.68. The van der Waals surface area contributed by atoms with Crippen molar-refractivity contribution in [1.29, 1.82) is 0 Å². The fraction of sp³-hybridized carbons (Fsp3) is 0.222. The maximum atomic E-state index is 13.9. The Bertz CT molecular complexity index is 981. The second-order valence-corrected chi connectivity index (χ2v) is 6.87. The van der Waals surface area contributed by atoms with Gasteiger partial charge in [0.15, 0.2) is 0 Å². The van der Waals surface area contributed by atoms with Gasteiger partial charge >= 0.3 is 0 Å². The molecule has 1 heterocycles. The zero-order valence-electron chi connectivity index (χ0n) is 14.6. The third kappa shape index (κ3) is 4.28. The molecule has 0 atom stereocenters. The number of hydrogen-bond donors (Lipinski definition) is 2. The van der Waals surface area contributed by atoms with Gasteiger partial charge in [-0.2, -0.15) is 0 Å². The van der Waals surface area contributed by atoms with Gasteiger partial charge in [-0.25, -0.2) is 17.2 Å². The van der Waals surface area contributed by atoms with E-state index in [-0.39, 0.29) is 43.0 Å². The van der Waals surface area contributed by atoms with Crippen molar-refractivity contribution >= 4 is 28.4 Å². The largest absolute Gasteiger partial charge is 0.335 e. The summed E-state index contributed by atoms with van der Waals surface area (Å²) in [6.45, 7) is 0.871. The molecule has 0 aromatic heterocycles. The molecule has 28 heavy (non-hydrogen) atoms. The molecule has 7 nitrogen and oxygen atoms in total. The molecule has 2 aromatic carbocycles. The summed E-state index contributed by atoms with van der Waals surface area (Å²) in [4.78, 5) is 27.9. The van der Waals surface area contributed by atoms with Crippen LogP contribution in [-0.4, -0.2) is 56.2 Å². The molecule has 10 heteroatoms. The van der Waals surface area contributed by atoms with E-state index < -0.39 is 34.3 Å². The number of nitrogens with zero attached hydrogens (tertiary/aromatic N) is 2.